The van der Waals surface area contributed by atoms with Gasteiger partial charge in [0, 0.05) is 25.2 Å². The summed E-state index contributed by atoms with van der Waals surface area (Å²) >= 11 is 0. The Kier molecular flexibility index (Phi) is 6.49. The van der Waals surface area contributed by atoms with E-state index in [0.717, 1.165) is 17.1 Å². The van der Waals surface area contributed by atoms with Gasteiger partial charge in [0.05, 0.1) is 17.3 Å². The van der Waals surface area contributed by atoms with Gasteiger partial charge in [0.1, 0.15) is 18.1 Å². The van der Waals surface area contributed by atoms with Crippen molar-refractivity contribution in [1.29, 1.82) is 5.26 Å². The first-order valence-corrected chi connectivity index (χ1v) is 10.0. The Hall–Kier alpha value is -3.09. The van der Waals surface area contributed by atoms with Gasteiger partial charge < -0.3 is 15.8 Å². The summed E-state index contributed by atoms with van der Waals surface area (Å²) in [6, 6.07) is 6.92. The lowest BCUT2D eigenvalue weighted by atomic mass is 9.88. The number of halogens is 4. The van der Waals surface area contributed by atoms with Crippen molar-refractivity contribution in [2.24, 2.45) is 11.6 Å². The number of fused-ring (bicyclic) bond motifs is 1. The van der Waals surface area contributed by atoms with E-state index in [4.69, 9.17) is 11.6 Å². The van der Waals surface area contributed by atoms with Crippen molar-refractivity contribution in [2.45, 2.75) is 44.4 Å². The van der Waals surface area contributed by atoms with Crippen LogP contribution in [0.4, 0.5) is 17.6 Å². The summed E-state index contributed by atoms with van der Waals surface area (Å²) in [5.74, 6) is 1.39. The lowest BCUT2D eigenvalue weighted by Crippen LogP contribution is -2.23. The Bertz CT molecular complexity index is 1110. The highest BCUT2D eigenvalue weighted by atomic mass is 19.3. The maximum Gasteiger partial charge on any atom is 0.281 e. The molecule has 0 saturated carbocycles. The molecule has 1 aliphatic rings. The molecule has 0 amide bonds. The molecular formula is C23H24F4N4O. The van der Waals surface area contributed by atoms with Crippen molar-refractivity contribution in [1.82, 2.24) is 5.01 Å². The second-order valence-corrected chi connectivity index (χ2v) is 7.94. The Morgan fingerprint density at radius 1 is 1.41 bits per heavy atom. The van der Waals surface area contributed by atoms with Crippen LogP contribution in [0.5, 0.6) is 0 Å². The number of nitrogens with zero attached hydrogens (tertiary/aromatic N) is 2. The molecule has 0 spiro atoms. The standard InChI is InChI=1S/C23H24F4N4O/c1-3-19(25)17-8-14(24)6-13(10-28)16(17)7-12-4-5-15(20(29)11-31(2)30)21-18(12)9-23(26,27)22(21)32/h4-6,8,11,19,22,32H,3,7,9,29-30H2,1-2H3/b20-11-. The number of hydrogen-bond acceptors (Lipinski definition) is 5. The van der Waals surface area contributed by atoms with Gasteiger partial charge in [0.25, 0.3) is 5.92 Å². The summed E-state index contributed by atoms with van der Waals surface area (Å²) in [7, 11) is 1.51. The van der Waals surface area contributed by atoms with E-state index in [2.05, 4.69) is 0 Å². The topological polar surface area (TPSA) is 99.3 Å². The zero-order valence-electron chi connectivity index (χ0n) is 17.7. The highest BCUT2D eigenvalue weighted by Gasteiger charge is 2.49. The molecule has 2 aromatic carbocycles. The minimum atomic E-state index is -3.43. The number of aliphatic hydroxyl groups is 1. The maximum absolute atomic E-state index is 14.6. The number of alkyl halides is 3. The van der Waals surface area contributed by atoms with Crippen molar-refractivity contribution in [3.8, 4) is 6.07 Å². The predicted octanol–water partition coefficient (Wildman–Crippen LogP) is 4.00. The van der Waals surface area contributed by atoms with Crippen LogP contribution in [-0.2, 0) is 12.8 Å². The molecule has 0 radical (unpaired) electrons. The normalized spacial score (nSPS) is 18.2. The van der Waals surface area contributed by atoms with Crippen LogP contribution in [-0.4, -0.2) is 23.1 Å². The molecule has 2 unspecified atom stereocenters. The number of rotatable bonds is 6. The SMILES string of the molecule is CCC(F)c1cc(F)cc(C#N)c1Cc1ccc(/C(N)=C/N(C)N)c2c1CC(F)(F)C2O. The van der Waals surface area contributed by atoms with Gasteiger partial charge in [-0.25, -0.2) is 23.4 Å². The summed E-state index contributed by atoms with van der Waals surface area (Å²) in [5.41, 5.74) is 7.00. The van der Waals surface area contributed by atoms with Crippen LogP contribution in [0, 0.1) is 17.1 Å². The summed E-state index contributed by atoms with van der Waals surface area (Å²) in [6.45, 7) is 1.58. The first kappa shape index (κ1) is 23.6. The van der Waals surface area contributed by atoms with Crippen LogP contribution < -0.4 is 11.6 Å². The summed E-state index contributed by atoms with van der Waals surface area (Å²) in [4.78, 5) is 0. The molecule has 2 atom stereocenters. The average Bonchev–Trinajstić information content (AvgIpc) is 2.97. The van der Waals surface area contributed by atoms with Crippen LogP contribution in [0.15, 0.2) is 30.5 Å². The first-order chi connectivity index (χ1) is 15.0. The van der Waals surface area contributed by atoms with Crippen LogP contribution in [0.1, 0.15) is 64.6 Å². The Morgan fingerprint density at radius 2 is 2.09 bits per heavy atom. The Balaban J connectivity index is 2.20. The number of nitrogens with two attached hydrogens (primary N) is 2. The van der Waals surface area contributed by atoms with Gasteiger partial charge in [-0.3, -0.25) is 0 Å². The molecule has 0 bridgehead atoms. The second-order valence-electron chi connectivity index (χ2n) is 7.94. The molecule has 32 heavy (non-hydrogen) atoms. The molecule has 9 heteroatoms. The predicted molar refractivity (Wildman–Crippen MR) is 112 cm³/mol. The quantitative estimate of drug-likeness (QED) is 0.353. The Labute approximate surface area is 183 Å². The molecule has 2 aromatic rings. The van der Waals surface area contributed by atoms with Gasteiger partial charge in [0.2, 0.25) is 0 Å². The van der Waals surface area contributed by atoms with Crippen LogP contribution >= 0.6 is 0 Å². The van der Waals surface area contributed by atoms with E-state index in [0.29, 0.717) is 5.56 Å². The van der Waals surface area contributed by atoms with Crippen LogP contribution in [0.3, 0.4) is 0 Å². The van der Waals surface area contributed by atoms with E-state index < -0.39 is 30.4 Å². The summed E-state index contributed by atoms with van der Waals surface area (Å²) < 4.78 is 57.6. The van der Waals surface area contributed by atoms with Gasteiger partial charge in [-0.2, -0.15) is 5.26 Å². The van der Waals surface area contributed by atoms with E-state index in [9.17, 15) is 27.9 Å². The van der Waals surface area contributed by atoms with Crippen molar-refractivity contribution < 1.29 is 22.7 Å². The fourth-order valence-electron chi connectivity index (χ4n) is 4.13. The second kappa shape index (κ2) is 8.81. The Morgan fingerprint density at radius 3 is 2.69 bits per heavy atom. The van der Waals surface area contributed by atoms with E-state index in [1.807, 2.05) is 6.07 Å². The number of hydrogen-bond donors (Lipinski definition) is 3. The molecule has 0 aliphatic heterocycles. The van der Waals surface area contributed by atoms with E-state index in [-0.39, 0.29) is 51.9 Å². The zero-order chi connectivity index (χ0) is 23.8. The van der Waals surface area contributed by atoms with Gasteiger partial charge in [-0.15, -0.1) is 0 Å². The van der Waals surface area contributed by atoms with Crippen LogP contribution in [0.25, 0.3) is 5.70 Å². The minimum absolute atomic E-state index is 0.0105. The third-order valence-electron chi connectivity index (χ3n) is 5.63. The lowest BCUT2D eigenvalue weighted by molar-refractivity contribution is -0.0969. The van der Waals surface area contributed by atoms with Crippen LogP contribution in [0.2, 0.25) is 0 Å². The highest BCUT2D eigenvalue weighted by molar-refractivity contribution is 5.69. The fourth-order valence-corrected chi connectivity index (χ4v) is 4.13. The minimum Gasteiger partial charge on any atom is -0.397 e. The lowest BCUT2D eigenvalue weighted by Gasteiger charge is -2.19. The fraction of sp³-hybridized carbons (Fsp3) is 0.348. The van der Waals surface area contributed by atoms with E-state index in [1.54, 1.807) is 13.0 Å². The highest BCUT2D eigenvalue weighted by Crippen LogP contribution is 2.47. The monoisotopic (exact) mass is 448 g/mol. The van der Waals surface area contributed by atoms with Crippen molar-refractivity contribution in [2.75, 3.05) is 7.05 Å². The van der Waals surface area contributed by atoms with Gasteiger partial charge >= 0.3 is 0 Å². The zero-order valence-corrected chi connectivity index (χ0v) is 17.7. The van der Waals surface area contributed by atoms with Gasteiger partial charge in [0.15, 0.2) is 0 Å². The molecule has 5 N–H and O–H groups in total. The molecular weight excluding hydrogens is 424 g/mol. The molecule has 0 heterocycles. The van der Waals surface area contributed by atoms with Crippen molar-refractivity contribution >= 4 is 5.70 Å². The molecule has 0 saturated heterocycles. The number of nitriles is 1. The van der Waals surface area contributed by atoms with Gasteiger partial charge in [-0.05, 0) is 52.8 Å². The van der Waals surface area contributed by atoms with E-state index in [1.165, 1.54) is 19.3 Å². The molecule has 3 rings (SSSR count). The van der Waals surface area contributed by atoms with E-state index >= 15 is 0 Å². The smallest absolute Gasteiger partial charge is 0.281 e. The van der Waals surface area contributed by atoms with Crippen molar-refractivity contribution in [3.05, 3.63) is 75.2 Å². The third kappa shape index (κ3) is 4.29. The summed E-state index contributed by atoms with van der Waals surface area (Å²) in [6.07, 6.45) is -3.04. The maximum atomic E-state index is 14.6. The molecule has 5 nitrogen and oxygen atoms in total. The molecule has 170 valence electrons. The summed E-state index contributed by atoms with van der Waals surface area (Å²) in [5, 5.41) is 21.0. The number of benzene rings is 2. The van der Waals surface area contributed by atoms with Crippen molar-refractivity contribution in [3.63, 3.8) is 0 Å². The third-order valence-corrected chi connectivity index (χ3v) is 5.63. The van der Waals surface area contributed by atoms with Gasteiger partial charge in [-0.1, -0.05) is 19.1 Å². The largest absolute Gasteiger partial charge is 0.397 e. The molecule has 1 aliphatic carbocycles. The average molecular weight is 448 g/mol. The number of hydrazine groups is 1. The first-order valence-electron chi connectivity index (χ1n) is 10.0. The molecule has 0 fully saturated rings. The number of aliphatic hydroxyl groups excluding tert-OH is 1. The molecule has 0 aromatic heterocycles.